The lowest BCUT2D eigenvalue weighted by atomic mass is 9.91. The van der Waals surface area contributed by atoms with Crippen molar-refractivity contribution in [1.82, 2.24) is 0 Å². The Kier molecular flexibility index (Phi) is 7.97. The lowest BCUT2D eigenvalue weighted by Crippen LogP contribution is -2.29. The minimum atomic E-state index is -2.95. The molecule has 6 nitrogen and oxygen atoms in total. The molecule has 0 atom stereocenters. The van der Waals surface area contributed by atoms with E-state index in [1.165, 1.54) is 0 Å². The highest BCUT2D eigenvalue weighted by Gasteiger charge is 2.27. The van der Waals surface area contributed by atoms with Crippen LogP contribution in [-0.2, 0) is 23.8 Å². The summed E-state index contributed by atoms with van der Waals surface area (Å²) < 4.78 is 38.5. The molecule has 0 aromatic carbocycles. The van der Waals surface area contributed by atoms with Crippen molar-refractivity contribution >= 4 is 17.9 Å². The van der Waals surface area contributed by atoms with Gasteiger partial charge in [-0.1, -0.05) is 6.92 Å². The topological polar surface area (TPSA) is 78.9 Å². The summed E-state index contributed by atoms with van der Waals surface area (Å²) in [6, 6.07) is 0. The Bertz CT molecular complexity index is 401. The van der Waals surface area contributed by atoms with Gasteiger partial charge in [0.15, 0.2) is 13.2 Å². The summed E-state index contributed by atoms with van der Waals surface area (Å²) in [5.41, 5.74) is -0.703. The molecule has 0 spiro atoms. The number of carbonyl (C=O) groups excluding carboxylic acids is 3. The Labute approximate surface area is 128 Å². The van der Waals surface area contributed by atoms with Crippen molar-refractivity contribution < 1.29 is 37.4 Å². The Morgan fingerprint density at radius 3 is 2.00 bits per heavy atom. The minimum Gasteiger partial charge on any atom is -0.457 e. The van der Waals surface area contributed by atoms with Crippen LogP contribution in [0, 0.1) is 5.41 Å². The fourth-order valence-corrected chi connectivity index (χ4v) is 1.02. The number of alkyl halides is 2. The summed E-state index contributed by atoms with van der Waals surface area (Å²) in [6.07, 6.45) is -1.32. The van der Waals surface area contributed by atoms with Crippen LogP contribution in [0.3, 0.4) is 0 Å². The molecule has 0 N–H and O–H groups in total. The van der Waals surface area contributed by atoms with Crippen LogP contribution in [-0.4, -0.2) is 43.7 Å². The molecule has 0 saturated carbocycles. The van der Waals surface area contributed by atoms with Crippen molar-refractivity contribution in [1.29, 1.82) is 0 Å². The van der Waals surface area contributed by atoms with Gasteiger partial charge in [-0.15, -0.1) is 0 Å². The molecule has 0 rings (SSSR count). The zero-order valence-corrected chi connectivity index (χ0v) is 13.2. The third kappa shape index (κ3) is 9.25. The number of esters is 1. The maximum atomic E-state index is 12.5. The molecule has 22 heavy (non-hydrogen) atoms. The van der Waals surface area contributed by atoms with Gasteiger partial charge >= 0.3 is 12.1 Å². The number of hydrogen-bond acceptors (Lipinski definition) is 6. The first-order chi connectivity index (χ1) is 9.98. The summed E-state index contributed by atoms with van der Waals surface area (Å²) in [7, 11) is 0. The van der Waals surface area contributed by atoms with E-state index in [1.807, 2.05) is 6.92 Å². The highest BCUT2D eigenvalue weighted by atomic mass is 19.3. The van der Waals surface area contributed by atoms with Gasteiger partial charge in [-0.2, -0.15) is 0 Å². The van der Waals surface area contributed by atoms with E-state index in [9.17, 15) is 23.2 Å². The molecule has 0 aromatic rings. The van der Waals surface area contributed by atoms with E-state index < -0.39 is 55.5 Å². The van der Waals surface area contributed by atoms with Gasteiger partial charge in [-0.25, -0.2) is 13.6 Å². The third-order valence-electron chi connectivity index (χ3n) is 2.91. The molecule has 0 aliphatic rings. The van der Waals surface area contributed by atoms with E-state index in [0.717, 1.165) is 0 Å². The van der Waals surface area contributed by atoms with E-state index in [-0.39, 0.29) is 0 Å². The van der Waals surface area contributed by atoms with Gasteiger partial charge < -0.3 is 14.2 Å². The van der Waals surface area contributed by atoms with Gasteiger partial charge in [-0.3, -0.25) is 9.59 Å². The average Bonchev–Trinajstić information content (AvgIpc) is 2.40. The van der Waals surface area contributed by atoms with Crippen LogP contribution in [0.25, 0.3) is 0 Å². The highest BCUT2D eigenvalue weighted by Crippen LogP contribution is 2.21. The fraction of sp³-hybridized carbons (Fsp3) is 0.786. The summed E-state index contributed by atoms with van der Waals surface area (Å²) in [5.74, 6) is -4.12. The molecule has 0 bridgehead atoms. The molecule has 0 heterocycles. The number of Topliss-reactive ketones (excluding diaryl/α,β-unsaturated/α-hetero) is 1. The van der Waals surface area contributed by atoms with Gasteiger partial charge in [-0.05, 0) is 27.2 Å². The summed E-state index contributed by atoms with van der Waals surface area (Å²) in [6.45, 7) is 4.16. The molecule has 0 saturated heterocycles. The maximum absolute atomic E-state index is 12.5. The van der Waals surface area contributed by atoms with Crippen LogP contribution in [0.15, 0.2) is 0 Å². The number of ketones is 1. The van der Waals surface area contributed by atoms with E-state index in [0.29, 0.717) is 13.3 Å². The first-order valence-electron chi connectivity index (χ1n) is 6.84. The number of rotatable bonds is 9. The Morgan fingerprint density at radius 1 is 0.955 bits per heavy atom. The van der Waals surface area contributed by atoms with Gasteiger partial charge in [0.25, 0.3) is 0 Å². The molecule has 8 heteroatoms. The predicted octanol–water partition coefficient (Wildman–Crippen LogP) is 2.73. The summed E-state index contributed by atoms with van der Waals surface area (Å²) in [5, 5.41) is 0. The van der Waals surface area contributed by atoms with Crippen LogP contribution in [0.5, 0.6) is 0 Å². The SMILES string of the molecule is CCC(C)(C)C(=O)OCC(=O)COC(=O)OCCC(C)(F)F. The summed E-state index contributed by atoms with van der Waals surface area (Å²) in [4.78, 5) is 34.0. The van der Waals surface area contributed by atoms with Crippen molar-refractivity contribution in [2.45, 2.75) is 46.5 Å². The van der Waals surface area contributed by atoms with Gasteiger partial charge in [0.05, 0.1) is 5.41 Å². The van der Waals surface area contributed by atoms with Gasteiger partial charge in [0, 0.05) is 6.42 Å². The second-order valence-electron chi connectivity index (χ2n) is 5.56. The monoisotopic (exact) mass is 324 g/mol. The Balaban J connectivity index is 3.90. The van der Waals surface area contributed by atoms with Crippen LogP contribution in [0.1, 0.15) is 40.5 Å². The molecule has 0 amide bonds. The summed E-state index contributed by atoms with van der Waals surface area (Å²) >= 11 is 0. The lowest BCUT2D eigenvalue weighted by Gasteiger charge is -2.19. The molecule has 0 aromatic heterocycles. The first-order valence-corrected chi connectivity index (χ1v) is 6.84. The Hall–Kier alpha value is -1.73. The fourth-order valence-electron chi connectivity index (χ4n) is 1.02. The van der Waals surface area contributed by atoms with Crippen molar-refractivity contribution in [3.05, 3.63) is 0 Å². The number of carbonyl (C=O) groups is 3. The van der Waals surface area contributed by atoms with Crippen molar-refractivity contribution in [3.63, 3.8) is 0 Å². The standard InChI is InChI=1S/C14H22F2O6/c1-5-13(2,3)11(18)21-8-10(17)9-22-12(19)20-7-6-14(4,15)16/h5-9H2,1-4H3. The number of ether oxygens (including phenoxy) is 3. The van der Waals surface area contributed by atoms with Crippen LogP contribution >= 0.6 is 0 Å². The van der Waals surface area contributed by atoms with Gasteiger partial charge in [0.1, 0.15) is 6.61 Å². The molecule has 128 valence electrons. The number of halogens is 2. The predicted molar refractivity (Wildman–Crippen MR) is 72.6 cm³/mol. The average molecular weight is 324 g/mol. The molecule has 0 aliphatic heterocycles. The minimum absolute atomic E-state index is 0.518. The van der Waals surface area contributed by atoms with Crippen LogP contribution < -0.4 is 0 Å². The molecule has 0 radical (unpaired) electrons. The van der Waals surface area contributed by atoms with E-state index in [4.69, 9.17) is 4.74 Å². The van der Waals surface area contributed by atoms with E-state index in [2.05, 4.69) is 9.47 Å². The maximum Gasteiger partial charge on any atom is 0.508 e. The largest absolute Gasteiger partial charge is 0.508 e. The third-order valence-corrected chi connectivity index (χ3v) is 2.91. The van der Waals surface area contributed by atoms with Crippen LogP contribution in [0.2, 0.25) is 0 Å². The smallest absolute Gasteiger partial charge is 0.457 e. The normalized spacial score (nSPS) is 11.7. The van der Waals surface area contributed by atoms with Crippen molar-refractivity contribution in [2.75, 3.05) is 19.8 Å². The molecular formula is C14H22F2O6. The second-order valence-corrected chi connectivity index (χ2v) is 5.56. The quantitative estimate of drug-likeness (QED) is 0.607. The van der Waals surface area contributed by atoms with Gasteiger partial charge in [0.2, 0.25) is 11.7 Å². The van der Waals surface area contributed by atoms with Crippen molar-refractivity contribution in [3.8, 4) is 0 Å². The van der Waals surface area contributed by atoms with Crippen LogP contribution in [0.4, 0.5) is 13.6 Å². The van der Waals surface area contributed by atoms with Crippen molar-refractivity contribution in [2.24, 2.45) is 5.41 Å². The highest BCUT2D eigenvalue weighted by molar-refractivity contribution is 5.85. The van der Waals surface area contributed by atoms with E-state index >= 15 is 0 Å². The zero-order valence-electron chi connectivity index (χ0n) is 13.2. The van der Waals surface area contributed by atoms with E-state index in [1.54, 1.807) is 13.8 Å². The molecule has 0 aliphatic carbocycles. The molecule has 0 unspecified atom stereocenters. The zero-order chi connectivity index (χ0) is 17.4. The Morgan fingerprint density at radius 2 is 1.50 bits per heavy atom. The molecule has 0 fully saturated rings. The lowest BCUT2D eigenvalue weighted by molar-refractivity contribution is -0.157. The molecular weight excluding hydrogens is 302 g/mol. The number of hydrogen-bond donors (Lipinski definition) is 0. The second kappa shape index (κ2) is 8.65. The first kappa shape index (κ1) is 20.3.